The lowest BCUT2D eigenvalue weighted by Gasteiger charge is -2.24. The molecule has 0 saturated heterocycles. The molecular weight excluding hydrogens is 477 g/mol. The number of halogens is 2. The van der Waals surface area contributed by atoms with Crippen molar-refractivity contribution in [3.8, 4) is 0 Å². The van der Waals surface area contributed by atoms with Crippen molar-refractivity contribution in [3.05, 3.63) is 57.2 Å². The smallest absolute Gasteiger partial charge is 0.264 e. The first-order chi connectivity index (χ1) is 10.4. The van der Waals surface area contributed by atoms with E-state index in [1.54, 1.807) is 12.1 Å². The highest BCUT2D eigenvalue weighted by atomic mass is 127. The van der Waals surface area contributed by atoms with Crippen LogP contribution in [0.5, 0.6) is 0 Å². The number of rotatable bonds is 5. The third kappa shape index (κ3) is 3.83. The molecule has 0 fully saturated rings. The lowest BCUT2D eigenvalue weighted by Crippen LogP contribution is -2.32. The van der Waals surface area contributed by atoms with E-state index in [0.29, 0.717) is 22.5 Å². The molecule has 2 aromatic carbocycles. The molecule has 0 N–H and O–H groups in total. The van der Waals surface area contributed by atoms with Gasteiger partial charge in [-0.3, -0.25) is 4.31 Å². The van der Waals surface area contributed by atoms with E-state index in [2.05, 4.69) is 38.5 Å². The van der Waals surface area contributed by atoms with Crippen LogP contribution >= 0.6 is 38.5 Å². The van der Waals surface area contributed by atoms with Crippen LogP contribution in [0.25, 0.3) is 0 Å². The van der Waals surface area contributed by atoms with Crippen molar-refractivity contribution in [1.82, 2.24) is 0 Å². The van der Waals surface area contributed by atoms with Gasteiger partial charge in [-0.05, 0) is 66.3 Å². The van der Waals surface area contributed by atoms with Crippen LogP contribution in [0, 0.1) is 17.4 Å². The van der Waals surface area contributed by atoms with Crippen LogP contribution in [0.3, 0.4) is 0 Å². The molecule has 0 amide bonds. The maximum atomic E-state index is 12.9. The molecule has 0 aliphatic rings. The zero-order valence-corrected chi connectivity index (χ0v) is 16.9. The van der Waals surface area contributed by atoms with Crippen LogP contribution in [0.2, 0.25) is 0 Å². The Labute approximate surface area is 154 Å². The van der Waals surface area contributed by atoms with E-state index < -0.39 is 10.0 Å². The summed E-state index contributed by atoms with van der Waals surface area (Å²) in [6, 6.07) is 12.7. The predicted molar refractivity (Wildman–Crippen MR) is 103 cm³/mol. The summed E-state index contributed by atoms with van der Waals surface area (Å²) in [5.41, 5.74) is 2.86. The Balaban J connectivity index is 2.50. The molecule has 0 atom stereocenters. The second-order valence-electron chi connectivity index (χ2n) is 5.01. The monoisotopic (exact) mass is 493 g/mol. The molecule has 0 aromatic heterocycles. The Kier molecular flexibility index (Phi) is 5.90. The van der Waals surface area contributed by atoms with E-state index in [9.17, 15) is 8.42 Å². The molecule has 0 spiro atoms. The van der Waals surface area contributed by atoms with Crippen molar-refractivity contribution in [1.29, 1.82) is 0 Å². The second-order valence-corrected chi connectivity index (χ2v) is 8.83. The van der Waals surface area contributed by atoms with Gasteiger partial charge in [-0.1, -0.05) is 39.7 Å². The zero-order chi connectivity index (χ0) is 16.3. The minimum Gasteiger partial charge on any atom is -0.265 e. The van der Waals surface area contributed by atoms with Gasteiger partial charge in [-0.25, -0.2) is 8.42 Å². The minimum atomic E-state index is -3.56. The standard InChI is InChI=1S/C16H17BrINO2S/c1-12-3-7-15(8-4-12)22(20,21)19(10-9-17)14-6-5-13(2)16(18)11-14/h3-8,11H,9-10H2,1-2H3. The molecule has 0 unspecified atom stereocenters. The first-order valence-electron chi connectivity index (χ1n) is 6.78. The lowest BCUT2D eigenvalue weighted by molar-refractivity contribution is 0.592. The Bertz CT molecular complexity index is 760. The quantitative estimate of drug-likeness (QED) is 0.454. The summed E-state index contributed by atoms with van der Waals surface area (Å²) in [4.78, 5) is 0.314. The van der Waals surface area contributed by atoms with Crippen LogP contribution in [0.4, 0.5) is 5.69 Å². The van der Waals surface area contributed by atoms with Crippen LogP contribution < -0.4 is 4.31 Å². The Hall–Kier alpha value is -0.600. The van der Waals surface area contributed by atoms with Gasteiger partial charge in [0.05, 0.1) is 10.6 Å². The van der Waals surface area contributed by atoms with Crippen LogP contribution in [0.1, 0.15) is 11.1 Å². The Morgan fingerprint density at radius 1 is 1.09 bits per heavy atom. The van der Waals surface area contributed by atoms with Gasteiger partial charge in [0, 0.05) is 15.4 Å². The van der Waals surface area contributed by atoms with Gasteiger partial charge in [0.1, 0.15) is 0 Å². The lowest BCUT2D eigenvalue weighted by atomic mass is 10.2. The average molecular weight is 494 g/mol. The van der Waals surface area contributed by atoms with E-state index in [-0.39, 0.29) is 0 Å². The maximum absolute atomic E-state index is 12.9. The largest absolute Gasteiger partial charge is 0.265 e. The molecule has 0 aliphatic heterocycles. The fourth-order valence-electron chi connectivity index (χ4n) is 2.04. The number of anilines is 1. The maximum Gasteiger partial charge on any atom is 0.264 e. The number of aryl methyl sites for hydroxylation is 2. The summed E-state index contributed by atoms with van der Waals surface area (Å²) in [5, 5.41) is 0.572. The second kappa shape index (κ2) is 7.31. The van der Waals surface area contributed by atoms with Crippen LogP contribution in [0.15, 0.2) is 47.4 Å². The average Bonchev–Trinajstić information content (AvgIpc) is 2.48. The number of nitrogens with zero attached hydrogens (tertiary/aromatic N) is 1. The van der Waals surface area contributed by atoms with Gasteiger partial charge in [0.15, 0.2) is 0 Å². The van der Waals surface area contributed by atoms with Crippen LogP contribution in [-0.2, 0) is 10.0 Å². The van der Waals surface area contributed by atoms with Gasteiger partial charge in [-0.15, -0.1) is 0 Å². The highest BCUT2D eigenvalue weighted by Crippen LogP contribution is 2.26. The fraction of sp³-hybridized carbons (Fsp3) is 0.250. The van der Waals surface area contributed by atoms with Gasteiger partial charge in [0.25, 0.3) is 10.0 Å². The van der Waals surface area contributed by atoms with Gasteiger partial charge < -0.3 is 0 Å². The number of alkyl halides is 1. The third-order valence-corrected chi connectivity index (χ3v) is 6.70. The van der Waals surface area contributed by atoms with E-state index in [1.165, 1.54) is 4.31 Å². The number of hydrogen-bond donors (Lipinski definition) is 0. The first-order valence-corrected chi connectivity index (χ1v) is 10.4. The number of sulfonamides is 1. The molecule has 6 heteroatoms. The first kappa shape index (κ1) is 17.7. The molecule has 0 saturated carbocycles. The van der Waals surface area contributed by atoms with E-state index in [4.69, 9.17) is 0 Å². The highest BCUT2D eigenvalue weighted by Gasteiger charge is 2.24. The summed E-state index contributed by atoms with van der Waals surface area (Å²) < 4.78 is 28.4. The molecule has 0 aliphatic carbocycles. The van der Waals surface area contributed by atoms with Gasteiger partial charge >= 0.3 is 0 Å². The molecule has 0 heterocycles. The summed E-state index contributed by atoms with van der Waals surface area (Å²) in [6.07, 6.45) is 0. The topological polar surface area (TPSA) is 37.4 Å². The van der Waals surface area contributed by atoms with E-state index in [0.717, 1.165) is 14.7 Å². The molecule has 0 radical (unpaired) electrons. The molecule has 22 heavy (non-hydrogen) atoms. The van der Waals surface area contributed by atoms with E-state index in [1.807, 2.05) is 44.2 Å². The van der Waals surface area contributed by atoms with Crippen molar-refractivity contribution >= 4 is 54.2 Å². The molecular formula is C16H17BrINO2S. The Morgan fingerprint density at radius 3 is 2.27 bits per heavy atom. The van der Waals surface area contributed by atoms with Gasteiger partial charge in [0.2, 0.25) is 0 Å². The van der Waals surface area contributed by atoms with Crippen molar-refractivity contribution < 1.29 is 8.42 Å². The molecule has 0 bridgehead atoms. The van der Waals surface area contributed by atoms with Gasteiger partial charge in [-0.2, -0.15) is 0 Å². The summed E-state index contributed by atoms with van der Waals surface area (Å²) in [6.45, 7) is 4.33. The summed E-state index contributed by atoms with van der Waals surface area (Å²) in [5.74, 6) is 0. The number of benzene rings is 2. The molecule has 2 rings (SSSR count). The SMILES string of the molecule is Cc1ccc(S(=O)(=O)N(CCBr)c2ccc(C)c(I)c2)cc1. The van der Waals surface area contributed by atoms with Crippen molar-refractivity contribution in [2.75, 3.05) is 16.2 Å². The minimum absolute atomic E-state index is 0.314. The third-order valence-electron chi connectivity index (χ3n) is 3.34. The van der Waals surface area contributed by atoms with E-state index >= 15 is 0 Å². The molecule has 3 nitrogen and oxygen atoms in total. The number of hydrogen-bond acceptors (Lipinski definition) is 2. The normalized spacial score (nSPS) is 11.5. The van der Waals surface area contributed by atoms with Crippen molar-refractivity contribution in [2.45, 2.75) is 18.7 Å². The summed E-state index contributed by atoms with van der Waals surface area (Å²) >= 11 is 5.57. The van der Waals surface area contributed by atoms with Crippen LogP contribution in [-0.4, -0.2) is 20.3 Å². The molecule has 2 aromatic rings. The summed E-state index contributed by atoms with van der Waals surface area (Å²) in [7, 11) is -3.56. The zero-order valence-electron chi connectivity index (χ0n) is 12.4. The van der Waals surface area contributed by atoms with Crippen molar-refractivity contribution in [2.24, 2.45) is 0 Å². The Morgan fingerprint density at radius 2 is 1.73 bits per heavy atom. The molecule has 118 valence electrons. The fourth-order valence-corrected chi connectivity index (χ4v) is 4.58. The highest BCUT2D eigenvalue weighted by molar-refractivity contribution is 14.1. The predicted octanol–water partition coefficient (Wildman–Crippen LogP) is 4.50. The van der Waals surface area contributed by atoms with Crippen molar-refractivity contribution in [3.63, 3.8) is 0 Å².